The molecule has 0 spiro atoms. The van der Waals surface area contributed by atoms with Gasteiger partial charge in [-0.2, -0.15) is 4.72 Å². The Morgan fingerprint density at radius 3 is 2.37 bits per heavy atom. The fourth-order valence-electron chi connectivity index (χ4n) is 2.26. The Balaban J connectivity index is 2.42. The van der Waals surface area contributed by atoms with Gasteiger partial charge < -0.3 is 4.74 Å². The van der Waals surface area contributed by atoms with Crippen molar-refractivity contribution < 1.29 is 22.9 Å². The minimum absolute atomic E-state index is 0.459. The normalized spacial score (nSPS) is 13.6. The highest BCUT2D eigenvalue weighted by molar-refractivity contribution is 9.10. The number of ether oxygens (including phenoxy) is 1. The lowest BCUT2D eigenvalue weighted by molar-refractivity contribution is -0.387. The lowest BCUT2D eigenvalue weighted by atomic mass is 10.1. The van der Waals surface area contributed by atoms with Crippen LogP contribution in [0, 0.1) is 10.1 Å². The van der Waals surface area contributed by atoms with E-state index in [1.54, 1.807) is 24.3 Å². The van der Waals surface area contributed by atoms with Crippen LogP contribution in [0.5, 0.6) is 0 Å². The number of nitrogens with zero attached hydrogens (tertiary/aromatic N) is 1. The molecule has 0 saturated heterocycles. The van der Waals surface area contributed by atoms with Gasteiger partial charge in [-0.15, -0.1) is 11.6 Å². The molecule has 8 nitrogen and oxygen atoms in total. The topological polar surface area (TPSA) is 116 Å². The number of carbonyl (C=O) groups is 1. The molecule has 0 aromatic heterocycles. The van der Waals surface area contributed by atoms with Crippen LogP contribution in [-0.2, 0) is 19.6 Å². The maximum atomic E-state index is 12.7. The van der Waals surface area contributed by atoms with Crippen molar-refractivity contribution in [3.63, 3.8) is 0 Å². The zero-order chi connectivity index (χ0) is 20.2. The number of rotatable bonds is 7. The summed E-state index contributed by atoms with van der Waals surface area (Å²) in [5.74, 6) is -0.930. The minimum Gasteiger partial charge on any atom is -0.468 e. The van der Waals surface area contributed by atoms with Crippen molar-refractivity contribution in [3.05, 3.63) is 68.7 Å². The lowest BCUT2D eigenvalue weighted by Crippen LogP contribution is -2.44. The van der Waals surface area contributed by atoms with Crippen LogP contribution in [0.15, 0.2) is 57.9 Å². The van der Waals surface area contributed by atoms with Crippen LogP contribution < -0.4 is 4.72 Å². The van der Waals surface area contributed by atoms with Gasteiger partial charge in [0.15, 0.2) is 4.90 Å². The number of esters is 1. The standard InChI is InChI=1S/C16H14BrClN2O6S/c1-26-16(21)15(14(18)10-6-8-11(17)9-7-10)19-27(24,25)13-5-3-2-4-12(13)20(22)23/h2-9,14-15,19H,1H3/t14-,15-/m1/s1. The van der Waals surface area contributed by atoms with Crippen LogP contribution in [0.4, 0.5) is 5.69 Å². The van der Waals surface area contributed by atoms with E-state index < -0.39 is 42.9 Å². The van der Waals surface area contributed by atoms with Crippen molar-refractivity contribution in [2.24, 2.45) is 0 Å². The van der Waals surface area contributed by atoms with Gasteiger partial charge in [0.25, 0.3) is 5.69 Å². The average Bonchev–Trinajstić information content (AvgIpc) is 2.65. The molecule has 27 heavy (non-hydrogen) atoms. The van der Waals surface area contributed by atoms with Gasteiger partial charge in [0.2, 0.25) is 10.0 Å². The quantitative estimate of drug-likeness (QED) is 0.283. The van der Waals surface area contributed by atoms with E-state index in [0.717, 1.165) is 23.7 Å². The van der Waals surface area contributed by atoms with E-state index in [-0.39, 0.29) is 0 Å². The minimum atomic E-state index is -4.44. The van der Waals surface area contributed by atoms with E-state index in [9.17, 15) is 23.3 Å². The smallest absolute Gasteiger partial charge is 0.325 e. The number of hydrogen-bond donors (Lipinski definition) is 1. The fourth-order valence-corrected chi connectivity index (χ4v) is 4.28. The number of hydrogen-bond acceptors (Lipinski definition) is 6. The summed E-state index contributed by atoms with van der Waals surface area (Å²) in [5, 5.41) is 10.0. The number of nitro groups is 1. The Morgan fingerprint density at radius 2 is 1.81 bits per heavy atom. The van der Waals surface area contributed by atoms with Gasteiger partial charge in [-0.05, 0) is 23.8 Å². The van der Waals surface area contributed by atoms with Crippen molar-refractivity contribution >= 4 is 49.2 Å². The molecule has 2 atom stereocenters. The summed E-state index contributed by atoms with van der Waals surface area (Å²) in [6, 6.07) is 9.86. The third kappa shape index (κ3) is 5.04. The summed E-state index contributed by atoms with van der Waals surface area (Å²) in [6.07, 6.45) is 0. The number of benzene rings is 2. The Bertz CT molecular complexity index is 952. The molecule has 0 bridgehead atoms. The molecule has 1 N–H and O–H groups in total. The first kappa shape index (κ1) is 21.3. The van der Waals surface area contributed by atoms with E-state index in [0.29, 0.717) is 5.56 Å². The second-order valence-corrected chi connectivity index (χ2v) is 8.37. The van der Waals surface area contributed by atoms with Crippen molar-refractivity contribution in [1.82, 2.24) is 4.72 Å². The van der Waals surface area contributed by atoms with Gasteiger partial charge in [-0.25, -0.2) is 8.42 Å². The largest absolute Gasteiger partial charge is 0.468 e. The number of methoxy groups -OCH3 is 1. The monoisotopic (exact) mass is 476 g/mol. The highest BCUT2D eigenvalue weighted by atomic mass is 79.9. The van der Waals surface area contributed by atoms with Gasteiger partial charge in [-0.1, -0.05) is 40.2 Å². The molecule has 0 amide bonds. The number of alkyl halides is 1. The van der Waals surface area contributed by atoms with Crippen LogP contribution in [0.25, 0.3) is 0 Å². The maximum absolute atomic E-state index is 12.7. The summed E-state index contributed by atoms with van der Waals surface area (Å²) < 4.78 is 32.9. The summed E-state index contributed by atoms with van der Waals surface area (Å²) in [4.78, 5) is 21.9. The SMILES string of the molecule is COC(=O)[C@H](NS(=O)(=O)c1ccccc1[N+](=O)[O-])[C@H](Cl)c1ccc(Br)cc1. The second-order valence-electron chi connectivity index (χ2n) is 5.30. The number of sulfonamides is 1. The first-order chi connectivity index (χ1) is 12.7. The van der Waals surface area contributed by atoms with E-state index in [1.165, 1.54) is 12.1 Å². The molecule has 144 valence electrons. The highest BCUT2D eigenvalue weighted by Crippen LogP contribution is 2.29. The van der Waals surface area contributed by atoms with E-state index in [2.05, 4.69) is 25.4 Å². The van der Waals surface area contributed by atoms with Crippen LogP contribution in [0.3, 0.4) is 0 Å². The molecular formula is C16H14BrClN2O6S. The third-order valence-corrected chi connectivity index (χ3v) is 6.09. The average molecular weight is 478 g/mol. The van der Waals surface area contributed by atoms with E-state index >= 15 is 0 Å². The van der Waals surface area contributed by atoms with Crippen LogP contribution in [0.2, 0.25) is 0 Å². The lowest BCUT2D eigenvalue weighted by Gasteiger charge is -2.21. The maximum Gasteiger partial charge on any atom is 0.325 e. The number of carbonyl (C=O) groups excluding carboxylic acids is 1. The molecule has 2 aromatic carbocycles. The molecule has 0 radical (unpaired) electrons. The second kappa shape index (κ2) is 8.79. The first-order valence-corrected chi connectivity index (χ1v) is 10.1. The molecule has 0 aliphatic rings. The summed E-state index contributed by atoms with van der Waals surface area (Å²) >= 11 is 9.58. The van der Waals surface area contributed by atoms with Crippen LogP contribution >= 0.6 is 27.5 Å². The Labute approximate surface area is 168 Å². The molecule has 0 saturated carbocycles. The van der Waals surface area contributed by atoms with Gasteiger partial charge in [-0.3, -0.25) is 14.9 Å². The van der Waals surface area contributed by atoms with E-state index in [4.69, 9.17) is 11.6 Å². The Morgan fingerprint density at radius 1 is 1.22 bits per heavy atom. The van der Waals surface area contributed by atoms with Crippen molar-refractivity contribution in [1.29, 1.82) is 0 Å². The van der Waals surface area contributed by atoms with Crippen LogP contribution in [-0.4, -0.2) is 32.5 Å². The zero-order valence-corrected chi connectivity index (χ0v) is 17.0. The van der Waals surface area contributed by atoms with Crippen molar-refractivity contribution in [2.45, 2.75) is 16.3 Å². The van der Waals surface area contributed by atoms with Crippen molar-refractivity contribution in [3.8, 4) is 0 Å². The molecule has 0 heterocycles. The van der Waals surface area contributed by atoms with Gasteiger partial charge in [0.1, 0.15) is 6.04 Å². The fraction of sp³-hybridized carbons (Fsp3) is 0.188. The molecule has 0 fully saturated rings. The van der Waals surface area contributed by atoms with Crippen LogP contribution in [0.1, 0.15) is 10.9 Å². The molecule has 0 unspecified atom stereocenters. The molecule has 2 rings (SSSR count). The number of nitro benzene ring substituents is 1. The summed E-state index contributed by atoms with van der Waals surface area (Å²) in [5.41, 5.74) is -0.163. The molecule has 11 heteroatoms. The zero-order valence-electron chi connectivity index (χ0n) is 13.8. The van der Waals surface area contributed by atoms with Crippen molar-refractivity contribution in [2.75, 3.05) is 7.11 Å². The predicted molar refractivity (Wildman–Crippen MR) is 102 cm³/mol. The molecule has 0 aliphatic heterocycles. The predicted octanol–water partition coefficient (Wildman–Crippen LogP) is 3.16. The molecular weight excluding hydrogens is 464 g/mol. The van der Waals surface area contributed by atoms with Gasteiger partial charge in [0.05, 0.1) is 17.4 Å². The summed E-state index contributed by atoms with van der Waals surface area (Å²) in [7, 11) is -3.35. The Hall–Kier alpha value is -2.01. The first-order valence-electron chi connectivity index (χ1n) is 7.40. The molecule has 0 aliphatic carbocycles. The van der Waals surface area contributed by atoms with E-state index in [1.807, 2.05) is 0 Å². The molecule has 2 aromatic rings. The van der Waals surface area contributed by atoms with Gasteiger partial charge >= 0.3 is 5.97 Å². The highest BCUT2D eigenvalue weighted by Gasteiger charge is 2.36. The summed E-state index contributed by atoms with van der Waals surface area (Å²) in [6.45, 7) is 0. The van der Waals surface area contributed by atoms with Gasteiger partial charge in [0, 0.05) is 10.5 Å². The number of nitrogens with one attached hydrogen (secondary N) is 1. The third-order valence-electron chi connectivity index (χ3n) is 3.57. The number of para-hydroxylation sites is 1. The number of halogens is 2. The Kier molecular flexibility index (Phi) is 6.93.